The van der Waals surface area contributed by atoms with E-state index in [1.165, 1.54) is 75.4 Å². The van der Waals surface area contributed by atoms with Crippen LogP contribution >= 0.6 is 0 Å². The van der Waals surface area contributed by atoms with Crippen molar-refractivity contribution < 1.29 is 29.7 Å². The number of ketones is 3. The minimum Gasteiger partial charge on any atom is -0.393 e. The van der Waals surface area contributed by atoms with Gasteiger partial charge in [-0.25, -0.2) is 0 Å². The molecule has 0 amide bonds. The number of aliphatic hydroxyl groups is 3. The van der Waals surface area contributed by atoms with Crippen molar-refractivity contribution in [3.63, 3.8) is 0 Å². The summed E-state index contributed by atoms with van der Waals surface area (Å²) in [7, 11) is 0. The number of rotatable bonds is 3. The Kier molecular flexibility index (Phi) is 12.8. The summed E-state index contributed by atoms with van der Waals surface area (Å²) in [5.41, 5.74) is 4.58. The molecule has 12 aliphatic carbocycles. The Labute approximate surface area is 397 Å². The van der Waals surface area contributed by atoms with Gasteiger partial charge in [0.05, 0.1) is 12.2 Å². The van der Waals surface area contributed by atoms with Gasteiger partial charge in [0, 0.05) is 35.5 Å². The van der Waals surface area contributed by atoms with E-state index in [-0.39, 0.29) is 40.2 Å². The smallest absolute Gasteiger partial charge is 0.155 e. The van der Waals surface area contributed by atoms with Gasteiger partial charge in [0.2, 0.25) is 0 Å². The van der Waals surface area contributed by atoms with Gasteiger partial charge in [-0.3, -0.25) is 14.4 Å². The summed E-state index contributed by atoms with van der Waals surface area (Å²) >= 11 is 0. The van der Waals surface area contributed by atoms with Gasteiger partial charge < -0.3 is 15.3 Å². The molecule has 3 N–H and O–H groups in total. The number of carbonyl (C=O) groups excluding carboxylic acids is 3. The van der Waals surface area contributed by atoms with Crippen LogP contribution in [0.25, 0.3) is 0 Å². The van der Waals surface area contributed by atoms with Crippen LogP contribution in [0.3, 0.4) is 0 Å². The van der Waals surface area contributed by atoms with Gasteiger partial charge in [-0.15, -0.1) is 6.42 Å². The minimum absolute atomic E-state index is 0.115. The molecule has 6 nitrogen and oxygen atoms in total. The molecule has 0 saturated heterocycles. The largest absolute Gasteiger partial charge is 0.393 e. The van der Waals surface area contributed by atoms with E-state index in [1.54, 1.807) is 11.1 Å². The van der Waals surface area contributed by atoms with Crippen LogP contribution < -0.4 is 0 Å². The maximum Gasteiger partial charge on any atom is 0.155 e. The van der Waals surface area contributed by atoms with Gasteiger partial charge in [-0.1, -0.05) is 67.7 Å². The number of aliphatic hydroxyl groups excluding tert-OH is 2. The summed E-state index contributed by atoms with van der Waals surface area (Å²) < 4.78 is 0. The molecule has 0 aromatic carbocycles. The molecule has 0 heterocycles. The number of hydrogen-bond acceptors (Lipinski definition) is 6. The number of fused-ring (bicyclic) bond motifs is 15. The van der Waals surface area contributed by atoms with E-state index < -0.39 is 5.60 Å². The Bertz CT molecular complexity index is 2080. The average Bonchev–Trinajstić information content (AvgIpc) is 3.96. The molecule has 0 aliphatic heterocycles. The van der Waals surface area contributed by atoms with Crippen LogP contribution in [-0.4, -0.2) is 50.5 Å². The normalized spacial score (nSPS) is 48.5. The third kappa shape index (κ3) is 7.12. The topological polar surface area (TPSA) is 112 Å². The fraction of sp³-hybridized carbons (Fsp3) is 0.783. The van der Waals surface area contributed by atoms with Crippen molar-refractivity contribution in [1.82, 2.24) is 0 Å². The molecular formula is C60H84O6. The van der Waals surface area contributed by atoms with Gasteiger partial charge in [-0.05, 0) is 225 Å². The molecule has 0 aromatic heterocycles. The van der Waals surface area contributed by atoms with E-state index in [4.69, 9.17) is 6.42 Å². The monoisotopic (exact) mass is 901 g/mol. The van der Waals surface area contributed by atoms with Crippen LogP contribution in [0.2, 0.25) is 0 Å². The fourth-order valence-electron chi connectivity index (χ4n) is 20.0. The summed E-state index contributed by atoms with van der Waals surface area (Å²) in [5.74, 6) is 10.4. The third-order valence-corrected chi connectivity index (χ3v) is 22.8. The highest BCUT2D eigenvalue weighted by molar-refractivity contribution is 5.91. The Morgan fingerprint density at radius 1 is 0.636 bits per heavy atom. The van der Waals surface area contributed by atoms with Crippen molar-refractivity contribution in [3.8, 4) is 12.3 Å². The molecule has 2 unspecified atom stereocenters. The van der Waals surface area contributed by atoms with E-state index in [0.29, 0.717) is 90.0 Å². The highest BCUT2D eigenvalue weighted by atomic mass is 16.3. The number of carbonyl (C=O) groups is 3. The van der Waals surface area contributed by atoms with E-state index >= 15 is 0 Å². The second-order valence-electron chi connectivity index (χ2n) is 24.4. The highest BCUT2D eigenvalue weighted by Crippen LogP contribution is 2.68. The Morgan fingerprint density at radius 2 is 1.17 bits per heavy atom. The van der Waals surface area contributed by atoms with Crippen molar-refractivity contribution in [1.29, 1.82) is 0 Å². The maximum atomic E-state index is 12.5. The number of hydrogen-bond donors (Lipinski definition) is 3. The Hall–Kier alpha value is -2.59. The molecule has 9 fully saturated rings. The predicted octanol–water partition coefficient (Wildman–Crippen LogP) is 11.8. The zero-order chi connectivity index (χ0) is 46.3. The molecule has 0 spiro atoms. The van der Waals surface area contributed by atoms with Crippen LogP contribution in [0, 0.1) is 99.6 Å². The van der Waals surface area contributed by atoms with E-state index in [1.807, 2.05) is 6.08 Å². The van der Waals surface area contributed by atoms with Crippen molar-refractivity contribution in [2.75, 3.05) is 0 Å². The highest BCUT2D eigenvalue weighted by Gasteiger charge is 2.65. The first kappa shape index (κ1) is 47.1. The molecule has 6 heteroatoms. The first-order valence-corrected chi connectivity index (χ1v) is 27.7. The lowest BCUT2D eigenvalue weighted by molar-refractivity contribution is -0.143. The summed E-state index contributed by atoms with van der Waals surface area (Å²) in [4.78, 5) is 36.8. The van der Waals surface area contributed by atoms with Gasteiger partial charge in [-0.2, -0.15) is 0 Å². The van der Waals surface area contributed by atoms with Crippen LogP contribution in [0.5, 0.6) is 0 Å². The zero-order valence-corrected chi connectivity index (χ0v) is 41.1. The van der Waals surface area contributed by atoms with Crippen LogP contribution in [0.1, 0.15) is 188 Å². The number of allylic oxidation sites excluding steroid dienone is 6. The molecule has 18 atom stereocenters. The Morgan fingerprint density at radius 3 is 1.73 bits per heavy atom. The van der Waals surface area contributed by atoms with Gasteiger partial charge >= 0.3 is 0 Å². The predicted molar refractivity (Wildman–Crippen MR) is 260 cm³/mol. The summed E-state index contributed by atoms with van der Waals surface area (Å²) in [6.07, 6.45) is 39.0. The second-order valence-corrected chi connectivity index (χ2v) is 24.4. The Balaban J connectivity index is 0.000000116. The van der Waals surface area contributed by atoms with Crippen molar-refractivity contribution in [2.24, 2.45) is 87.3 Å². The molecule has 12 aliphatic rings. The average molecular weight is 901 g/mol. The van der Waals surface area contributed by atoms with E-state index in [2.05, 4.69) is 45.4 Å². The molecule has 66 heavy (non-hydrogen) atoms. The lowest BCUT2D eigenvalue weighted by atomic mass is 9.48. The van der Waals surface area contributed by atoms with Gasteiger partial charge in [0.25, 0.3) is 0 Å². The van der Waals surface area contributed by atoms with E-state index in [0.717, 1.165) is 89.4 Å². The first-order chi connectivity index (χ1) is 31.8. The molecular weight excluding hydrogens is 817 g/mol. The van der Waals surface area contributed by atoms with Crippen molar-refractivity contribution in [3.05, 3.63) is 47.1 Å². The molecule has 360 valence electrons. The van der Waals surface area contributed by atoms with Crippen LogP contribution in [0.15, 0.2) is 47.1 Å². The lowest BCUT2D eigenvalue weighted by Gasteiger charge is -2.56. The molecule has 12 rings (SSSR count). The molecule has 0 aromatic rings. The molecule has 0 bridgehead atoms. The number of terminal acetylenes is 1. The fourth-order valence-corrected chi connectivity index (χ4v) is 20.0. The third-order valence-electron chi connectivity index (χ3n) is 22.8. The van der Waals surface area contributed by atoms with Crippen molar-refractivity contribution >= 4 is 17.3 Å². The standard InChI is InChI=1S/C22H30O.C19H26O3.C19H28O2/c1-4-21-14-15(3)20-17-9-7-6-8-16(17)10-11-18(20)19(21)12-13-22(21,23)5-2;1-2-19-10-16(21)18-13-6-4-12(20)9-11(13)3-5-14(18)15(19)7-8-17(19)22;1-2-19-11-16(20)18-13-6-4-3-5-12(13)7-8-14(18)15(19)9-10-17(19)21/h2,8,17-20,23H,3-4,6-7,9-14H2,1H3;9,13-16,18,21H,2-8,10H2,1H3;5,13-16,18,20H,2-4,6-11H2,1H3/t17-,18-,19-,20+,21-,22-;2*13-,14-,15-,16?,18+,19-/m000/s1. The van der Waals surface area contributed by atoms with Gasteiger partial charge in [0.1, 0.15) is 17.2 Å². The minimum atomic E-state index is -0.914. The quantitative estimate of drug-likeness (QED) is 0.192. The van der Waals surface area contributed by atoms with Crippen LogP contribution in [0.4, 0.5) is 0 Å². The first-order valence-electron chi connectivity index (χ1n) is 27.7. The summed E-state index contributed by atoms with van der Waals surface area (Å²) in [5, 5.41) is 33.0. The van der Waals surface area contributed by atoms with Crippen molar-refractivity contribution in [2.45, 2.75) is 206 Å². The lowest BCUT2D eigenvalue weighted by Crippen LogP contribution is -2.54. The second kappa shape index (κ2) is 18.0. The van der Waals surface area contributed by atoms with Crippen LogP contribution in [-0.2, 0) is 14.4 Å². The number of Topliss-reactive ketones (excluding diaryl/α,β-unsaturated/α-hetero) is 2. The zero-order valence-electron chi connectivity index (χ0n) is 41.1. The maximum absolute atomic E-state index is 12.5. The molecule has 9 saturated carbocycles. The SMILES string of the molecule is C#C[C@]1(O)CC[C@H]2[C@@H]3CCC4=CCCC[C@@H]4[C@H]3C(=C)C[C@@]21CC.CC[C@]12CC(O)[C@H]3[C@@H](CCC4=CC(=O)CC[C@@H]43)[C@@H]1CCC2=O.CC[C@]12CC(O)[C@H]3[C@@H](CCC4=CCCC[C@@H]43)[C@@H]1CCC2=O. The summed E-state index contributed by atoms with van der Waals surface area (Å²) in [6, 6.07) is 0. The summed E-state index contributed by atoms with van der Waals surface area (Å²) in [6.45, 7) is 11.0. The van der Waals surface area contributed by atoms with E-state index in [9.17, 15) is 29.7 Å². The van der Waals surface area contributed by atoms with Gasteiger partial charge in [0.15, 0.2) is 5.78 Å². The molecule has 0 radical (unpaired) electrons.